The molecule has 1 heterocycles. The number of ether oxygens (including phenoxy) is 2. The quantitative estimate of drug-likeness (QED) is 0.174. The van der Waals surface area contributed by atoms with Crippen LogP contribution < -0.4 is 14.4 Å². The van der Waals surface area contributed by atoms with E-state index in [0.717, 1.165) is 10.8 Å². The summed E-state index contributed by atoms with van der Waals surface area (Å²) in [5, 5.41) is 23.6. The number of halogens is 1. The molecule has 8 heteroatoms. The number of anilines is 1. The lowest BCUT2D eigenvalue weighted by molar-refractivity contribution is -0.132. The number of phenolic OH excluding ortho intramolecular Hbond substituents is 1. The summed E-state index contributed by atoms with van der Waals surface area (Å²) in [6.45, 7) is 2.08. The van der Waals surface area contributed by atoms with Crippen molar-refractivity contribution in [3.05, 3.63) is 101 Å². The van der Waals surface area contributed by atoms with Crippen LogP contribution in [0, 0.1) is 0 Å². The van der Waals surface area contributed by atoms with Crippen LogP contribution in [0.1, 0.15) is 24.1 Å². The number of carbonyl (C=O) groups is 2. The van der Waals surface area contributed by atoms with Crippen molar-refractivity contribution in [3.63, 3.8) is 0 Å². The average Bonchev–Trinajstić information content (AvgIpc) is 3.19. The predicted octanol–water partition coefficient (Wildman–Crippen LogP) is 6.23. The van der Waals surface area contributed by atoms with Crippen LogP contribution in [0.4, 0.5) is 5.69 Å². The number of carbonyl (C=O) groups excluding carboxylic acids is 2. The van der Waals surface area contributed by atoms with Crippen molar-refractivity contribution in [2.45, 2.75) is 13.0 Å². The van der Waals surface area contributed by atoms with Crippen molar-refractivity contribution in [2.24, 2.45) is 0 Å². The van der Waals surface area contributed by atoms with E-state index in [1.54, 1.807) is 43.3 Å². The Morgan fingerprint density at radius 3 is 2.47 bits per heavy atom. The topological polar surface area (TPSA) is 96.3 Å². The Morgan fingerprint density at radius 2 is 1.74 bits per heavy atom. The molecule has 4 aromatic rings. The third-order valence-electron chi connectivity index (χ3n) is 6.50. The largest absolute Gasteiger partial charge is 0.507 e. The predicted molar refractivity (Wildman–Crippen MR) is 146 cm³/mol. The summed E-state index contributed by atoms with van der Waals surface area (Å²) in [4.78, 5) is 28.6. The van der Waals surface area contributed by atoms with Gasteiger partial charge in [-0.1, -0.05) is 54.1 Å². The first-order valence-electron chi connectivity index (χ1n) is 11.9. The molecule has 0 aliphatic carbocycles. The number of aliphatic hydroxyl groups is 1. The van der Waals surface area contributed by atoms with Gasteiger partial charge in [0.25, 0.3) is 11.7 Å². The zero-order valence-corrected chi connectivity index (χ0v) is 21.4. The maximum absolute atomic E-state index is 13.6. The van der Waals surface area contributed by atoms with E-state index in [2.05, 4.69) is 0 Å². The second kappa shape index (κ2) is 10.1. The number of methoxy groups -OCH3 is 1. The van der Waals surface area contributed by atoms with Gasteiger partial charge in [0.2, 0.25) is 0 Å². The van der Waals surface area contributed by atoms with Crippen molar-refractivity contribution >= 4 is 45.5 Å². The first-order valence-corrected chi connectivity index (χ1v) is 12.3. The number of ketones is 1. The van der Waals surface area contributed by atoms with E-state index in [9.17, 15) is 19.8 Å². The molecule has 5 rings (SSSR count). The van der Waals surface area contributed by atoms with Gasteiger partial charge < -0.3 is 19.7 Å². The van der Waals surface area contributed by atoms with Crippen molar-refractivity contribution in [2.75, 3.05) is 18.6 Å². The van der Waals surface area contributed by atoms with Gasteiger partial charge in [-0.3, -0.25) is 14.5 Å². The molecule has 0 bridgehead atoms. The second-order valence-corrected chi connectivity index (χ2v) is 9.08. The molecule has 4 aromatic carbocycles. The summed E-state index contributed by atoms with van der Waals surface area (Å²) < 4.78 is 10.8. The van der Waals surface area contributed by atoms with Gasteiger partial charge in [-0.15, -0.1) is 0 Å². The second-order valence-electron chi connectivity index (χ2n) is 8.68. The van der Waals surface area contributed by atoms with E-state index in [1.165, 1.54) is 24.1 Å². The molecule has 1 aliphatic heterocycles. The normalized spacial score (nSPS) is 16.7. The van der Waals surface area contributed by atoms with Crippen LogP contribution in [0.15, 0.2) is 84.4 Å². The molecule has 0 radical (unpaired) electrons. The van der Waals surface area contributed by atoms with Gasteiger partial charge >= 0.3 is 0 Å². The molecular weight excluding hydrogens is 506 g/mol. The van der Waals surface area contributed by atoms with Gasteiger partial charge in [-0.05, 0) is 54.3 Å². The Hall–Kier alpha value is -4.49. The molecule has 2 N–H and O–H groups in total. The number of Topliss-reactive ketones (excluding diaryl/α,β-unsaturated/α-hetero) is 1. The van der Waals surface area contributed by atoms with E-state index in [4.69, 9.17) is 21.1 Å². The molecule has 1 aliphatic rings. The summed E-state index contributed by atoms with van der Waals surface area (Å²) >= 11 is 6.30. The number of rotatable bonds is 6. The van der Waals surface area contributed by atoms with Crippen LogP contribution >= 0.6 is 11.6 Å². The lowest BCUT2D eigenvalue weighted by Crippen LogP contribution is -2.29. The Bertz CT molecular complexity index is 1610. The Balaban J connectivity index is 1.78. The van der Waals surface area contributed by atoms with Crippen LogP contribution in [-0.2, 0) is 9.59 Å². The van der Waals surface area contributed by atoms with E-state index in [0.29, 0.717) is 23.6 Å². The monoisotopic (exact) mass is 529 g/mol. The number of hydrogen-bond acceptors (Lipinski definition) is 6. The smallest absolute Gasteiger partial charge is 0.300 e. The van der Waals surface area contributed by atoms with Crippen LogP contribution in [-0.4, -0.2) is 35.6 Å². The summed E-state index contributed by atoms with van der Waals surface area (Å²) in [6, 6.07) is 21.2. The minimum absolute atomic E-state index is 0.0837. The minimum Gasteiger partial charge on any atom is -0.507 e. The number of hydrogen-bond donors (Lipinski definition) is 2. The van der Waals surface area contributed by atoms with Crippen molar-refractivity contribution in [1.29, 1.82) is 0 Å². The van der Waals surface area contributed by atoms with Crippen LogP contribution in [0.3, 0.4) is 0 Å². The lowest BCUT2D eigenvalue weighted by Gasteiger charge is -2.27. The molecular formula is C30H24ClNO6. The standard InChI is InChI=1S/C30H24ClNO6/c1-3-38-25-16-18(11-13-23(25)33)27-26(28(34)19-12-14-24(37-2)21(31)15-19)29(35)30(36)32(27)22-10-6-8-17-7-4-5-9-20(17)22/h4-16,27,33-34H,3H2,1-2H3/b28-26+. The average molecular weight is 530 g/mol. The van der Waals surface area contributed by atoms with E-state index < -0.39 is 17.7 Å². The maximum Gasteiger partial charge on any atom is 0.300 e. The SMILES string of the molecule is CCOc1cc(C2/C(=C(\O)c3ccc(OC)c(Cl)c3)C(=O)C(=O)N2c2cccc3ccccc23)ccc1O. The Morgan fingerprint density at radius 1 is 0.974 bits per heavy atom. The number of nitrogens with zero attached hydrogens (tertiary/aromatic N) is 1. The lowest BCUT2D eigenvalue weighted by atomic mass is 9.94. The fourth-order valence-corrected chi connectivity index (χ4v) is 5.01. The highest BCUT2D eigenvalue weighted by Gasteiger charge is 2.47. The van der Waals surface area contributed by atoms with E-state index in [-0.39, 0.29) is 33.4 Å². The van der Waals surface area contributed by atoms with Crippen LogP contribution in [0.2, 0.25) is 5.02 Å². The molecule has 1 unspecified atom stereocenters. The minimum atomic E-state index is -1.01. The summed E-state index contributed by atoms with van der Waals surface area (Å²) in [5.74, 6) is -1.51. The molecule has 1 saturated heterocycles. The van der Waals surface area contributed by atoms with Crippen LogP contribution in [0.25, 0.3) is 16.5 Å². The first-order chi connectivity index (χ1) is 18.3. The van der Waals surface area contributed by atoms with Gasteiger partial charge in [-0.25, -0.2) is 0 Å². The summed E-state index contributed by atoms with van der Waals surface area (Å²) in [5.41, 5.74) is 1.12. The number of amides is 1. The summed E-state index contributed by atoms with van der Waals surface area (Å²) in [7, 11) is 1.47. The molecule has 38 heavy (non-hydrogen) atoms. The van der Waals surface area contributed by atoms with Crippen molar-refractivity contribution in [3.8, 4) is 17.2 Å². The number of aliphatic hydroxyl groups excluding tert-OH is 1. The van der Waals surface area contributed by atoms with Gasteiger partial charge in [0, 0.05) is 10.9 Å². The number of phenols is 1. The third kappa shape index (κ3) is 4.21. The van der Waals surface area contributed by atoms with Crippen LogP contribution in [0.5, 0.6) is 17.2 Å². The number of fused-ring (bicyclic) bond motifs is 1. The Labute approximate surface area is 224 Å². The maximum atomic E-state index is 13.6. The highest BCUT2D eigenvalue weighted by Crippen LogP contribution is 2.46. The molecule has 1 fully saturated rings. The molecule has 0 spiro atoms. The fourth-order valence-electron chi connectivity index (χ4n) is 4.76. The molecule has 1 amide bonds. The molecule has 1 atom stereocenters. The van der Waals surface area contributed by atoms with E-state index >= 15 is 0 Å². The number of aromatic hydroxyl groups is 1. The van der Waals surface area contributed by atoms with Gasteiger partial charge in [0.05, 0.1) is 36.0 Å². The van der Waals surface area contributed by atoms with Gasteiger partial charge in [-0.2, -0.15) is 0 Å². The molecule has 0 aromatic heterocycles. The van der Waals surface area contributed by atoms with Gasteiger partial charge in [0.1, 0.15) is 11.5 Å². The van der Waals surface area contributed by atoms with Crippen molar-refractivity contribution < 1.29 is 29.3 Å². The van der Waals surface area contributed by atoms with Gasteiger partial charge in [0.15, 0.2) is 11.5 Å². The zero-order valence-electron chi connectivity index (χ0n) is 20.6. The Kier molecular flexibility index (Phi) is 6.70. The highest BCUT2D eigenvalue weighted by molar-refractivity contribution is 6.52. The molecule has 7 nitrogen and oxygen atoms in total. The fraction of sp³-hybridized carbons (Fsp3) is 0.133. The molecule has 192 valence electrons. The first kappa shape index (κ1) is 25.2. The van der Waals surface area contributed by atoms with Crippen molar-refractivity contribution in [1.82, 2.24) is 0 Å². The molecule has 0 saturated carbocycles. The van der Waals surface area contributed by atoms with E-state index in [1.807, 2.05) is 30.3 Å². The number of benzene rings is 4. The zero-order chi connectivity index (χ0) is 27.0. The summed E-state index contributed by atoms with van der Waals surface area (Å²) in [6.07, 6.45) is 0. The third-order valence-corrected chi connectivity index (χ3v) is 6.79. The highest BCUT2D eigenvalue weighted by atomic mass is 35.5.